The van der Waals surface area contributed by atoms with Crippen LogP contribution >= 0.6 is 15.9 Å². The van der Waals surface area contributed by atoms with E-state index in [1.54, 1.807) is 0 Å². The summed E-state index contributed by atoms with van der Waals surface area (Å²) in [5.41, 5.74) is 5.89. The molecule has 0 fully saturated rings. The van der Waals surface area contributed by atoms with Crippen molar-refractivity contribution in [3.05, 3.63) is 68.2 Å². The number of rotatable bonds is 5. The van der Waals surface area contributed by atoms with Crippen molar-refractivity contribution in [1.82, 2.24) is 0 Å². The van der Waals surface area contributed by atoms with Crippen molar-refractivity contribution in [1.29, 1.82) is 0 Å². The Hall–Kier alpha value is -2.41. The van der Waals surface area contributed by atoms with Crippen LogP contribution in [-0.2, 0) is 6.61 Å². The highest BCUT2D eigenvalue weighted by Crippen LogP contribution is 2.25. The molecule has 0 unspecified atom stereocenters. The molecule has 2 rings (SSSR count). The van der Waals surface area contributed by atoms with Gasteiger partial charge in [0.05, 0.1) is 10.5 Å². The van der Waals surface area contributed by atoms with Crippen LogP contribution in [0.4, 0.5) is 5.69 Å². The van der Waals surface area contributed by atoms with Gasteiger partial charge in [0.15, 0.2) is 0 Å². The zero-order chi connectivity index (χ0) is 15.4. The van der Waals surface area contributed by atoms with Gasteiger partial charge in [-0.05, 0) is 23.8 Å². The van der Waals surface area contributed by atoms with Crippen molar-refractivity contribution in [2.24, 2.45) is 5.73 Å². The van der Waals surface area contributed by atoms with Gasteiger partial charge in [0, 0.05) is 16.6 Å². The van der Waals surface area contributed by atoms with Crippen molar-refractivity contribution in [2.75, 3.05) is 0 Å². The van der Waals surface area contributed by atoms with Gasteiger partial charge in [-0.2, -0.15) is 0 Å². The molecule has 21 heavy (non-hydrogen) atoms. The zero-order valence-electron chi connectivity index (χ0n) is 10.8. The van der Waals surface area contributed by atoms with E-state index in [4.69, 9.17) is 10.5 Å². The fraction of sp³-hybridized carbons (Fsp3) is 0.0714. The molecule has 0 aliphatic carbocycles. The fourth-order valence-electron chi connectivity index (χ4n) is 1.74. The van der Waals surface area contributed by atoms with Gasteiger partial charge in [-0.15, -0.1) is 0 Å². The number of halogens is 1. The fourth-order valence-corrected chi connectivity index (χ4v) is 2.18. The minimum absolute atomic E-state index is 0.0146. The maximum Gasteiger partial charge on any atom is 0.270 e. The van der Waals surface area contributed by atoms with Gasteiger partial charge in [-0.25, -0.2) is 0 Å². The highest BCUT2D eigenvalue weighted by atomic mass is 79.9. The highest BCUT2D eigenvalue weighted by molar-refractivity contribution is 9.10. The number of non-ortho nitro benzene ring substituents is 1. The topological polar surface area (TPSA) is 95.5 Å². The summed E-state index contributed by atoms with van der Waals surface area (Å²) in [6.07, 6.45) is 0. The van der Waals surface area contributed by atoms with E-state index < -0.39 is 10.8 Å². The van der Waals surface area contributed by atoms with E-state index in [0.29, 0.717) is 0 Å². The van der Waals surface area contributed by atoms with E-state index in [1.165, 1.54) is 12.1 Å². The second kappa shape index (κ2) is 6.36. The summed E-state index contributed by atoms with van der Waals surface area (Å²) >= 11 is 3.35. The van der Waals surface area contributed by atoms with E-state index >= 15 is 0 Å². The number of carbonyl (C=O) groups excluding carboxylic acids is 1. The quantitative estimate of drug-likeness (QED) is 0.662. The molecule has 1 amide bonds. The molecular weight excluding hydrogens is 340 g/mol. The number of nitrogens with zero attached hydrogens (tertiary/aromatic N) is 1. The summed E-state index contributed by atoms with van der Waals surface area (Å²) < 4.78 is 6.43. The standard InChI is InChI=1S/C14H11BrN2O4/c15-10-3-1-2-9(6-10)8-21-13-5-4-11(17(19)20)7-12(13)14(16)18/h1-7H,8H2,(H2,16,18). The normalized spacial score (nSPS) is 10.1. The molecule has 0 radical (unpaired) electrons. The van der Waals surface area contributed by atoms with Crippen LogP contribution in [0, 0.1) is 10.1 Å². The van der Waals surface area contributed by atoms with Crippen LogP contribution < -0.4 is 10.5 Å². The maximum absolute atomic E-state index is 11.4. The van der Waals surface area contributed by atoms with E-state index in [2.05, 4.69) is 15.9 Å². The highest BCUT2D eigenvalue weighted by Gasteiger charge is 2.15. The zero-order valence-corrected chi connectivity index (χ0v) is 12.4. The summed E-state index contributed by atoms with van der Waals surface area (Å²) in [4.78, 5) is 21.5. The van der Waals surface area contributed by atoms with Crippen LogP contribution in [0.25, 0.3) is 0 Å². The molecule has 6 nitrogen and oxygen atoms in total. The van der Waals surface area contributed by atoms with Gasteiger partial charge in [-0.3, -0.25) is 14.9 Å². The molecule has 0 atom stereocenters. The van der Waals surface area contributed by atoms with E-state index in [0.717, 1.165) is 16.1 Å². The molecule has 2 N–H and O–H groups in total. The van der Waals surface area contributed by atoms with Gasteiger partial charge in [0.2, 0.25) is 0 Å². The first-order valence-corrected chi connectivity index (χ1v) is 6.72. The van der Waals surface area contributed by atoms with Crippen LogP contribution in [0.1, 0.15) is 15.9 Å². The predicted molar refractivity (Wildman–Crippen MR) is 80.1 cm³/mol. The first-order valence-electron chi connectivity index (χ1n) is 5.93. The van der Waals surface area contributed by atoms with Gasteiger partial charge >= 0.3 is 0 Å². The number of ether oxygens (including phenoxy) is 1. The molecule has 108 valence electrons. The van der Waals surface area contributed by atoms with Gasteiger partial charge in [-0.1, -0.05) is 28.1 Å². The number of nitro benzene ring substituents is 1. The number of carbonyl (C=O) groups is 1. The van der Waals surface area contributed by atoms with Crippen molar-refractivity contribution < 1.29 is 14.5 Å². The number of hydrogen-bond acceptors (Lipinski definition) is 4. The van der Waals surface area contributed by atoms with Crippen molar-refractivity contribution in [3.63, 3.8) is 0 Å². The molecule has 0 spiro atoms. The molecule has 0 saturated carbocycles. The Labute approximate surface area is 128 Å². The van der Waals surface area contributed by atoms with Gasteiger partial charge in [0.25, 0.3) is 11.6 Å². The first kappa shape index (κ1) is 15.0. The molecule has 2 aromatic rings. The Morgan fingerprint density at radius 1 is 1.29 bits per heavy atom. The Morgan fingerprint density at radius 3 is 2.67 bits per heavy atom. The number of nitrogens with two attached hydrogens (primary N) is 1. The van der Waals surface area contributed by atoms with E-state index in [9.17, 15) is 14.9 Å². The van der Waals surface area contributed by atoms with Gasteiger partial charge < -0.3 is 10.5 Å². The molecule has 0 bridgehead atoms. The third-order valence-corrected chi connectivity index (χ3v) is 3.22. The van der Waals surface area contributed by atoms with Crippen molar-refractivity contribution >= 4 is 27.5 Å². The lowest BCUT2D eigenvalue weighted by molar-refractivity contribution is -0.384. The Bertz CT molecular complexity index is 703. The minimum atomic E-state index is -0.775. The van der Waals surface area contributed by atoms with E-state index in [-0.39, 0.29) is 23.6 Å². The maximum atomic E-state index is 11.4. The minimum Gasteiger partial charge on any atom is -0.488 e. The molecule has 0 aromatic heterocycles. The summed E-state index contributed by atoms with van der Waals surface area (Å²) in [6.45, 7) is 0.220. The number of amides is 1. The lowest BCUT2D eigenvalue weighted by Gasteiger charge is -2.09. The number of primary amides is 1. The molecule has 2 aromatic carbocycles. The summed E-state index contributed by atoms with van der Waals surface area (Å²) in [6, 6.07) is 11.2. The predicted octanol–water partition coefficient (Wildman–Crippen LogP) is 3.04. The smallest absolute Gasteiger partial charge is 0.270 e. The van der Waals surface area contributed by atoms with E-state index in [1.807, 2.05) is 24.3 Å². The first-order chi connectivity index (χ1) is 9.97. The van der Waals surface area contributed by atoms with Crippen LogP contribution in [0.3, 0.4) is 0 Å². The number of hydrogen-bond donors (Lipinski definition) is 1. The molecule has 0 heterocycles. The second-order valence-corrected chi connectivity index (χ2v) is 5.14. The number of nitro groups is 1. The third-order valence-electron chi connectivity index (χ3n) is 2.72. The third kappa shape index (κ3) is 3.79. The number of benzene rings is 2. The SMILES string of the molecule is NC(=O)c1cc([N+](=O)[O-])ccc1OCc1cccc(Br)c1. The van der Waals surface area contributed by atoms with Crippen LogP contribution in [0.2, 0.25) is 0 Å². The molecular formula is C14H11BrN2O4. The Morgan fingerprint density at radius 2 is 2.05 bits per heavy atom. The lowest BCUT2D eigenvalue weighted by atomic mass is 10.1. The van der Waals surface area contributed by atoms with Crippen molar-refractivity contribution in [2.45, 2.75) is 6.61 Å². The largest absolute Gasteiger partial charge is 0.488 e. The van der Waals surface area contributed by atoms with Crippen LogP contribution in [0.15, 0.2) is 46.9 Å². The summed E-state index contributed by atoms with van der Waals surface area (Å²) in [5, 5.41) is 10.7. The Kier molecular flexibility index (Phi) is 4.54. The molecule has 0 saturated heterocycles. The second-order valence-electron chi connectivity index (χ2n) is 4.22. The summed E-state index contributed by atoms with van der Waals surface area (Å²) in [5.74, 6) is -0.559. The van der Waals surface area contributed by atoms with Gasteiger partial charge in [0.1, 0.15) is 12.4 Å². The Balaban J connectivity index is 2.23. The molecule has 0 aliphatic heterocycles. The van der Waals surface area contributed by atoms with Crippen LogP contribution in [-0.4, -0.2) is 10.8 Å². The van der Waals surface area contributed by atoms with Crippen molar-refractivity contribution in [3.8, 4) is 5.75 Å². The van der Waals surface area contributed by atoms with Crippen LogP contribution in [0.5, 0.6) is 5.75 Å². The molecule has 7 heteroatoms. The average Bonchev–Trinajstić information content (AvgIpc) is 2.44. The summed E-state index contributed by atoms with van der Waals surface area (Å²) in [7, 11) is 0. The molecule has 0 aliphatic rings. The average molecular weight is 351 g/mol. The lowest BCUT2D eigenvalue weighted by Crippen LogP contribution is -2.13. The monoisotopic (exact) mass is 350 g/mol.